The number of ether oxygens (including phenoxy) is 1. The van der Waals surface area contributed by atoms with Gasteiger partial charge < -0.3 is 25.8 Å². The van der Waals surface area contributed by atoms with Gasteiger partial charge in [-0.05, 0) is 75.8 Å². The predicted octanol–water partition coefficient (Wildman–Crippen LogP) is 6.82. The first-order valence-corrected chi connectivity index (χ1v) is 20.5. The van der Waals surface area contributed by atoms with Crippen molar-refractivity contribution in [2.45, 2.75) is 82.8 Å². The summed E-state index contributed by atoms with van der Waals surface area (Å²) in [5.41, 5.74) is 6.19. The Kier molecular flexibility index (Phi) is 14.3. The number of nitrogens with one attached hydrogen (secondary N) is 3. The number of carboxylic acid groups (broad SMARTS) is 1. The molecule has 0 saturated carbocycles. The number of aliphatic carboxylic acids is 1. The van der Waals surface area contributed by atoms with E-state index in [0.29, 0.717) is 17.7 Å². The molecular weight excluding hydrogens is 755 g/mol. The van der Waals surface area contributed by atoms with Gasteiger partial charge in [0.05, 0.1) is 12.0 Å². The van der Waals surface area contributed by atoms with E-state index in [0.717, 1.165) is 33.4 Å². The summed E-state index contributed by atoms with van der Waals surface area (Å²) in [6.45, 7) is 5.95. The van der Waals surface area contributed by atoms with Crippen molar-refractivity contribution in [2.75, 3.05) is 6.61 Å². The average Bonchev–Trinajstić information content (AvgIpc) is 3.24. The van der Waals surface area contributed by atoms with Gasteiger partial charge in [-0.15, -0.1) is 0 Å². The number of carboxylic acids is 1. The van der Waals surface area contributed by atoms with Crippen molar-refractivity contribution in [1.82, 2.24) is 16.0 Å². The molecule has 0 spiro atoms. The molecule has 2 bridgehead atoms. The molecule has 0 aliphatic carbocycles. The fourth-order valence-corrected chi connectivity index (χ4v) is 7.33. The van der Waals surface area contributed by atoms with Crippen molar-refractivity contribution >= 4 is 29.5 Å². The minimum absolute atomic E-state index is 0.0667. The van der Waals surface area contributed by atoms with Gasteiger partial charge in [0.2, 0.25) is 11.8 Å². The van der Waals surface area contributed by atoms with Crippen molar-refractivity contribution in [3.05, 3.63) is 161 Å². The van der Waals surface area contributed by atoms with Crippen LogP contribution in [0.25, 0.3) is 11.1 Å². The summed E-state index contributed by atoms with van der Waals surface area (Å²) in [7, 11) is 0. The number of fused-ring (bicyclic) bond motifs is 16. The predicted molar refractivity (Wildman–Crippen MR) is 231 cm³/mol. The molecule has 2 heterocycles. The SMILES string of the molecule is CC(C)(C)c1ccc(C[C@@H]2NC(=O)COc3ccc(cc3)C[C@@H](C(=O)O)CC(=O)[C@H](CCc3ccccc3)NC(=O)[C@@H](Cc3ccc(-c4ccccc4)cc3)NC2=O)cc1. The fourth-order valence-electron chi connectivity index (χ4n) is 7.33. The van der Waals surface area contributed by atoms with Gasteiger partial charge in [-0.1, -0.05) is 142 Å². The van der Waals surface area contributed by atoms with Crippen LogP contribution < -0.4 is 20.7 Å². The van der Waals surface area contributed by atoms with Crippen LogP contribution in [0.3, 0.4) is 0 Å². The first-order valence-electron chi connectivity index (χ1n) is 20.5. The smallest absolute Gasteiger partial charge is 0.307 e. The van der Waals surface area contributed by atoms with Crippen LogP contribution in [0.1, 0.15) is 61.4 Å². The topological polar surface area (TPSA) is 151 Å². The first kappa shape index (κ1) is 43.0. The monoisotopic (exact) mass is 807 g/mol. The van der Waals surface area contributed by atoms with Crippen LogP contribution in [0.2, 0.25) is 0 Å². The summed E-state index contributed by atoms with van der Waals surface area (Å²) in [6.07, 6.45) is 0.601. The minimum atomic E-state index is -1.17. The van der Waals surface area contributed by atoms with E-state index in [2.05, 4.69) is 36.7 Å². The Morgan fingerprint density at radius 3 is 1.73 bits per heavy atom. The van der Waals surface area contributed by atoms with Crippen LogP contribution in [0, 0.1) is 5.92 Å². The lowest BCUT2D eigenvalue weighted by molar-refractivity contribution is -0.144. The van der Waals surface area contributed by atoms with Gasteiger partial charge >= 0.3 is 5.97 Å². The van der Waals surface area contributed by atoms with Gasteiger partial charge in [-0.25, -0.2) is 0 Å². The maximum absolute atomic E-state index is 14.5. The Morgan fingerprint density at radius 2 is 1.15 bits per heavy atom. The quantitative estimate of drug-likeness (QED) is 0.119. The lowest BCUT2D eigenvalue weighted by Gasteiger charge is -2.26. The number of aryl methyl sites for hydroxylation is 1. The Balaban J connectivity index is 1.34. The van der Waals surface area contributed by atoms with Crippen LogP contribution in [-0.2, 0) is 55.1 Å². The second kappa shape index (κ2) is 19.9. The van der Waals surface area contributed by atoms with E-state index >= 15 is 0 Å². The molecule has 0 unspecified atom stereocenters. The van der Waals surface area contributed by atoms with E-state index in [9.17, 15) is 29.1 Å². The molecule has 0 fully saturated rings. The van der Waals surface area contributed by atoms with Crippen molar-refractivity contribution in [2.24, 2.45) is 5.92 Å². The number of ketones is 1. The van der Waals surface area contributed by atoms with E-state index in [4.69, 9.17) is 4.74 Å². The van der Waals surface area contributed by atoms with Gasteiger partial charge in [0.25, 0.3) is 5.91 Å². The summed E-state index contributed by atoms with van der Waals surface area (Å²) < 4.78 is 5.77. The van der Waals surface area contributed by atoms with Crippen molar-refractivity contribution < 1.29 is 33.8 Å². The van der Waals surface area contributed by atoms with Gasteiger partial charge in [-0.2, -0.15) is 0 Å². The second-order valence-electron chi connectivity index (χ2n) is 16.5. The zero-order chi connectivity index (χ0) is 42.6. The molecular formula is C50H53N3O7. The fraction of sp³-hybridized carbons (Fsp3) is 0.300. The molecule has 5 aromatic carbocycles. The number of carbonyl (C=O) groups excluding carboxylic acids is 4. The van der Waals surface area contributed by atoms with Gasteiger partial charge in [-0.3, -0.25) is 24.0 Å². The van der Waals surface area contributed by atoms with Crippen molar-refractivity contribution in [3.8, 4) is 16.9 Å². The van der Waals surface area contributed by atoms with Crippen molar-refractivity contribution in [1.29, 1.82) is 0 Å². The Hall–Kier alpha value is -6.55. The zero-order valence-electron chi connectivity index (χ0n) is 34.4. The summed E-state index contributed by atoms with van der Waals surface area (Å²) in [6, 6.07) is 38.3. The third-order valence-electron chi connectivity index (χ3n) is 10.9. The molecule has 2 aliphatic rings. The van der Waals surface area contributed by atoms with E-state index in [1.807, 2.05) is 109 Å². The highest BCUT2D eigenvalue weighted by molar-refractivity contribution is 5.96. The molecule has 10 nitrogen and oxygen atoms in total. The molecule has 0 aromatic heterocycles. The maximum atomic E-state index is 14.5. The van der Waals surface area contributed by atoms with Crippen LogP contribution in [-0.4, -0.2) is 59.3 Å². The standard InChI is InChI=1S/C50H53N3O7/c1-50(2,3)40-23-16-36(17-24-40)29-43-47(56)53-44(30-35-14-21-38(22-15-35)37-12-8-5-9-13-37)48(57)52-42(27-20-33-10-6-4-7-11-33)45(54)31-39(49(58)59)28-34-18-25-41(26-19-34)60-32-46(55)51-43/h4-19,21-26,39,42-44H,20,27-32H2,1-3H3,(H,51,55)(H,52,57)(H,53,56)(H,58,59)/t39-,42+,43+,44-/m1/s1. The van der Waals surface area contributed by atoms with Crippen LogP contribution in [0.4, 0.5) is 0 Å². The molecule has 60 heavy (non-hydrogen) atoms. The molecule has 7 rings (SSSR count). The van der Waals surface area contributed by atoms with E-state index in [1.54, 1.807) is 24.3 Å². The average molecular weight is 808 g/mol. The van der Waals surface area contributed by atoms with Crippen LogP contribution >= 0.6 is 0 Å². The highest BCUT2D eigenvalue weighted by atomic mass is 16.5. The molecule has 3 amide bonds. The maximum Gasteiger partial charge on any atom is 0.307 e. The Bertz CT molecular complexity index is 2230. The molecule has 0 radical (unpaired) electrons. The van der Waals surface area contributed by atoms with Crippen molar-refractivity contribution in [3.63, 3.8) is 0 Å². The van der Waals surface area contributed by atoms with Gasteiger partial charge in [0, 0.05) is 19.3 Å². The van der Waals surface area contributed by atoms with Gasteiger partial charge in [0.1, 0.15) is 17.8 Å². The number of hydrogen-bond donors (Lipinski definition) is 4. The number of benzene rings is 5. The molecule has 0 saturated heterocycles. The molecule has 5 aromatic rings. The number of hydrogen-bond acceptors (Lipinski definition) is 6. The molecule has 310 valence electrons. The Labute approximate surface area is 351 Å². The number of carbonyl (C=O) groups is 5. The number of amides is 3. The Morgan fingerprint density at radius 1 is 0.617 bits per heavy atom. The molecule has 4 N–H and O–H groups in total. The summed E-state index contributed by atoms with van der Waals surface area (Å²) in [4.78, 5) is 69.0. The lowest BCUT2D eigenvalue weighted by atomic mass is 9.86. The summed E-state index contributed by atoms with van der Waals surface area (Å²) in [5.74, 6) is -3.99. The highest BCUT2D eigenvalue weighted by Gasteiger charge is 2.32. The van der Waals surface area contributed by atoms with E-state index in [-0.39, 0.29) is 44.1 Å². The molecule has 4 atom stereocenters. The largest absolute Gasteiger partial charge is 0.484 e. The lowest BCUT2D eigenvalue weighted by Crippen LogP contribution is -2.57. The van der Waals surface area contributed by atoms with E-state index in [1.165, 1.54) is 0 Å². The van der Waals surface area contributed by atoms with E-state index < -0.39 is 53.5 Å². The van der Waals surface area contributed by atoms with Crippen LogP contribution in [0.15, 0.2) is 133 Å². The highest BCUT2D eigenvalue weighted by Crippen LogP contribution is 2.24. The first-order chi connectivity index (χ1) is 28.8. The zero-order valence-corrected chi connectivity index (χ0v) is 34.4. The normalized spacial score (nSPS) is 19.4. The third kappa shape index (κ3) is 12.2. The summed E-state index contributed by atoms with van der Waals surface area (Å²) in [5, 5.41) is 18.9. The third-order valence-corrected chi connectivity index (χ3v) is 10.9. The van der Waals surface area contributed by atoms with Gasteiger partial charge in [0.15, 0.2) is 12.4 Å². The number of rotatable bonds is 9. The minimum Gasteiger partial charge on any atom is -0.484 e. The second-order valence-corrected chi connectivity index (χ2v) is 16.5. The molecule has 10 heteroatoms. The van der Waals surface area contributed by atoms with Crippen LogP contribution in [0.5, 0.6) is 5.75 Å². The molecule has 2 aliphatic heterocycles. The summed E-state index contributed by atoms with van der Waals surface area (Å²) >= 11 is 0. The number of Topliss-reactive ketones (excluding diaryl/α,β-unsaturated/α-hetero) is 1.